The van der Waals surface area contributed by atoms with E-state index in [-0.39, 0.29) is 11.9 Å². The molecule has 6 heteroatoms. The number of benzene rings is 2. The molecule has 4 rings (SSSR count). The maximum Gasteiger partial charge on any atom is 0.270 e. The van der Waals surface area contributed by atoms with Gasteiger partial charge in [0, 0.05) is 17.5 Å². The number of nitrogens with zero attached hydrogens (tertiary/aromatic N) is 2. The van der Waals surface area contributed by atoms with Gasteiger partial charge in [-0.15, -0.1) is 11.3 Å². The average molecular weight is 408 g/mol. The molecular formula is C23H25N3O2S. The summed E-state index contributed by atoms with van der Waals surface area (Å²) in [4.78, 5) is 19.7. The molecule has 1 atom stereocenters. The van der Waals surface area contributed by atoms with E-state index >= 15 is 0 Å². The van der Waals surface area contributed by atoms with Crippen LogP contribution in [0.15, 0.2) is 60.0 Å². The van der Waals surface area contributed by atoms with Crippen molar-refractivity contribution < 1.29 is 9.53 Å². The number of thiazole rings is 1. The second-order valence-electron chi connectivity index (χ2n) is 7.15. The Morgan fingerprint density at radius 2 is 1.86 bits per heavy atom. The van der Waals surface area contributed by atoms with E-state index in [9.17, 15) is 4.79 Å². The summed E-state index contributed by atoms with van der Waals surface area (Å²) >= 11 is 1.49. The van der Waals surface area contributed by atoms with Gasteiger partial charge in [-0.2, -0.15) is 0 Å². The Balaban J connectivity index is 1.45. The fraction of sp³-hybridized carbons (Fsp3) is 0.304. The molecular weight excluding hydrogens is 382 g/mol. The number of hydrogen-bond acceptors (Lipinski definition) is 5. The molecule has 150 valence electrons. The van der Waals surface area contributed by atoms with Crippen molar-refractivity contribution in [1.82, 2.24) is 15.2 Å². The van der Waals surface area contributed by atoms with Gasteiger partial charge >= 0.3 is 0 Å². The first-order valence-corrected chi connectivity index (χ1v) is 10.8. The van der Waals surface area contributed by atoms with Crippen LogP contribution < -0.4 is 10.1 Å². The average Bonchev–Trinajstić information content (AvgIpc) is 3.47. The summed E-state index contributed by atoms with van der Waals surface area (Å²) in [7, 11) is 1.67. The number of carbonyl (C=O) groups is 1. The van der Waals surface area contributed by atoms with Crippen LogP contribution >= 0.6 is 11.3 Å². The normalized spacial score (nSPS) is 15.2. The number of methoxy groups -OCH3 is 1. The summed E-state index contributed by atoms with van der Waals surface area (Å²) in [5.74, 6) is 0.718. The molecule has 0 radical (unpaired) electrons. The number of carbonyl (C=O) groups excluding carboxylic acids is 1. The molecule has 0 saturated carbocycles. The fourth-order valence-corrected chi connectivity index (χ4v) is 4.51. The maximum absolute atomic E-state index is 12.7. The second kappa shape index (κ2) is 9.20. The highest BCUT2D eigenvalue weighted by Gasteiger charge is 2.24. The second-order valence-corrected chi connectivity index (χ2v) is 8.00. The zero-order valence-corrected chi connectivity index (χ0v) is 17.3. The van der Waals surface area contributed by atoms with E-state index < -0.39 is 0 Å². The van der Waals surface area contributed by atoms with Crippen molar-refractivity contribution in [3.8, 4) is 16.3 Å². The number of likely N-dealkylation sites (tertiary alicyclic amines) is 1. The Morgan fingerprint density at radius 1 is 1.14 bits per heavy atom. The molecule has 1 amide bonds. The number of rotatable bonds is 7. The predicted molar refractivity (Wildman–Crippen MR) is 116 cm³/mol. The van der Waals surface area contributed by atoms with Gasteiger partial charge < -0.3 is 10.1 Å². The van der Waals surface area contributed by atoms with Gasteiger partial charge in [-0.05, 0) is 43.6 Å². The number of ether oxygens (including phenoxy) is 1. The number of amides is 1. The van der Waals surface area contributed by atoms with Gasteiger partial charge in [-0.3, -0.25) is 9.69 Å². The summed E-state index contributed by atoms with van der Waals surface area (Å²) in [6.07, 6.45) is 2.40. The molecule has 1 aliphatic rings. The molecule has 3 aromatic rings. The first kappa shape index (κ1) is 19.6. The Kier molecular flexibility index (Phi) is 6.22. The minimum Gasteiger partial charge on any atom is -0.497 e. The van der Waals surface area contributed by atoms with Gasteiger partial charge in [-0.25, -0.2) is 4.98 Å². The first-order valence-electron chi connectivity index (χ1n) is 9.92. The van der Waals surface area contributed by atoms with E-state index in [1.54, 1.807) is 7.11 Å². The third-order valence-electron chi connectivity index (χ3n) is 5.30. The lowest BCUT2D eigenvalue weighted by Gasteiger charge is -2.28. The van der Waals surface area contributed by atoms with Crippen LogP contribution in [-0.4, -0.2) is 42.5 Å². The van der Waals surface area contributed by atoms with E-state index in [4.69, 9.17) is 4.74 Å². The van der Waals surface area contributed by atoms with Crippen LogP contribution in [0.3, 0.4) is 0 Å². The van der Waals surface area contributed by atoms with Crippen LogP contribution in [0.2, 0.25) is 0 Å². The number of hydrogen-bond donors (Lipinski definition) is 1. The largest absolute Gasteiger partial charge is 0.497 e. The summed E-state index contributed by atoms with van der Waals surface area (Å²) in [6.45, 7) is 2.67. The zero-order chi connectivity index (χ0) is 20.1. The molecule has 0 aliphatic carbocycles. The van der Waals surface area contributed by atoms with Gasteiger partial charge in [-0.1, -0.05) is 42.5 Å². The van der Waals surface area contributed by atoms with Gasteiger partial charge in [0.25, 0.3) is 5.91 Å². The van der Waals surface area contributed by atoms with Crippen LogP contribution in [0, 0.1) is 0 Å². The standard InChI is InChI=1S/C23H25N3O2S/c1-28-19-11-9-17(10-12-19)21(26-13-5-6-14-26)15-24-22(27)20-16-29-23(25-20)18-7-3-2-4-8-18/h2-4,7-12,16,21H,5-6,13-15H2,1H3,(H,24,27)/t21-/m0/s1. The fourth-order valence-electron chi connectivity index (χ4n) is 3.71. The van der Waals surface area contributed by atoms with E-state index in [1.165, 1.54) is 29.7 Å². The molecule has 2 heterocycles. The zero-order valence-electron chi connectivity index (χ0n) is 16.5. The lowest BCUT2D eigenvalue weighted by atomic mass is 10.1. The van der Waals surface area contributed by atoms with Gasteiger partial charge in [0.1, 0.15) is 16.5 Å². The van der Waals surface area contributed by atoms with Crippen molar-refractivity contribution in [2.75, 3.05) is 26.7 Å². The Labute approximate surface area is 175 Å². The van der Waals surface area contributed by atoms with Crippen LogP contribution in [0.1, 0.15) is 34.9 Å². The smallest absolute Gasteiger partial charge is 0.270 e. The van der Waals surface area contributed by atoms with E-state index in [0.717, 1.165) is 29.4 Å². The van der Waals surface area contributed by atoms with Crippen molar-refractivity contribution in [1.29, 1.82) is 0 Å². The SMILES string of the molecule is COc1ccc([C@H](CNC(=O)c2csc(-c3ccccc3)n2)N2CCCC2)cc1. The van der Waals surface area contributed by atoms with Crippen LogP contribution in [0.25, 0.3) is 10.6 Å². The van der Waals surface area contributed by atoms with E-state index in [0.29, 0.717) is 12.2 Å². The number of nitrogens with one attached hydrogen (secondary N) is 1. The lowest BCUT2D eigenvalue weighted by Crippen LogP contribution is -2.36. The monoisotopic (exact) mass is 407 g/mol. The molecule has 1 saturated heterocycles. The Bertz CT molecular complexity index is 934. The Morgan fingerprint density at radius 3 is 2.55 bits per heavy atom. The van der Waals surface area contributed by atoms with Crippen molar-refractivity contribution in [3.05, 3.63) is 71.2 Å². The van der Waals surface area contributed by atoms with Crippen molar-refractivity contribution in [2.45, 2.75) is 18.9 Å². The minimum atomic E-state index is -0.124. The van der Waals surface area contributed by atoms with Crippen LogP contribution in [-0.2, 0) is 0 Å². The van der Waals surface area contributed by atoms with Crippen molar-refractivity contribution in [2.24, 2.45) is 0 Å². The molecule has 0 spiro atoms. The van der Waals surface area contributed by atoms with E-state index in [2.05, 4.69) is 27.3 Å². The molecule has 1 aliphatic heterocycles. The van der Waals surface area contributed by atoms with Crippen LogP contribution in [0.4, 0.5) is 0 Å². The quantitative estimate of drug-likeness (QED) is 0.631. The third-order valence-corrected chi connectivity index (χ3v) is 6.19. The molecule has 2 aromatic carbocycles. The predicted octanol–water partition coefficient (Wildman–Crippen LogP) is 4.39. The van der Waals surface area contributed by atoms with Crippen molar-refractivity contribution in [3.63, 3.8) is 0 Å². The van der Waals surface area contributed by atoms with E-state index in [1.807, 2.05) is 47.8 Å². The molecule has 0 unspecified atom stereocenters. The Hall–Kier alpha value is -2.70. The molecule has 1 aromatic heterocycles. The van der Waals surface area contributed by atoms with Gasteiger partial charge in [0.2, 0.25) is 0 Å². The molecule has 1 fully saturated rings. The maximum atomic E-state index is 12.7. The summed E-state index contributed by atoms with van der Waals surface area (Å²) in [5, 5.41) is 5.79. The first-order chi connectivity index (χ1) is 14.2. The minimum absolute atomic E-state index is 0.124. The molecule has 29 heavy (non-hydrogen) atoms. The topological polar surface area (TPSA) is 54.5 Å². The van der Waals surface area contributed by atoms with Crippen LogP contribution in [0.5, 0.6) is 5.75 Å². The molecule has 0 bridgehead atoms. The highest BCUT2D eigenvalue weighted by Crippen LogP contribution is 2.27. The lowest BCUT2D eigenvalue weighted by molar-refractivity contribution is 0.0933. The van der Waals surface area contributed by atoms with Crippen molar-refractivity contribution >= 4 is 17.2 Å². The summed E-state index contributed by atoms with van der Waals surface area (Å²) < 4.78 is 5.28. The molecule has 1 N–H and O–H groups in total. The highest BCUT2D eigenvalue weighted by atomic mass is 32.1. The molecule has 5 nitrogen and oxygen atoms in total. The third kappa shape index (κ3) is 4.66. The number of aromatic nitrogens is 1. The van der Waals surface area contributed by atoms with Gasteiger partial charge in [0.05, 0.1) is 13.2 Å². The van der Waals surface area contributed by atoms with Gasteiger partial charge in [0.15, 0.2) is 0 Å². The highest BCUT2D eigenvalue weighted by molar-refractivity contribution is 7.13. The summed E-state index contributed by atoms with van der Waals surface area (Å²) in [6, 6.07) is 18.2. The summed E-state index contributed by atoms with van der Waals surface area (Å²) in [5.41, 5.74) is 2.70.